The van der Waals surface area contributed by atoms with E-state index in [-0.39, 0.29) is 5.91 Å². The molecule has 0 bridgehead atoms. The first-order valence-electron chi connectivity index (χ1n) is 6.68. The lowest BCUT2D eigenvalue weighted by atomic mass is 10.1. The van der Waals surface area contributed by atoms with Gasteiger partial charge in [-0.15, -0.1) is 9.24 Å². The van der Waals surface area contributed by atoms with Crippen LogP contribution in [-0.4, -0.2) is 5.91 Å². The summed E-state index contributed by atoms with van der Waals surface area (Å²) in [6.45, 7) is 1.98. The molecule has 0 radical (unpaired) electrons. The second-order valence-electron chi connectivity index (χ2n) is 4.80. The van der Waals surface area contributed by atoms with E-state index < -0.39 is 11.7 Å². The first-order chi connectivity index (χ1) is 10.3. The first kappa shape index (κ1) is 16.5. The van der Waals surface area contributed by atoms with E-state index in [9.17, 15) is 18.0 Å². The lowest BCUT2D eigenvalue weighted by molar-refractivity contribution is -0.137. The zero-order valence-electron chi connectivity index (χ0n) is 11.9. The molecule has 1 unspecified atom stereocenters. The number of hydrogen-bond donors (Lipinski definition) is 1. The van der Waals surface area contributed by atoms with Crippen molar-refractivity contribution >= 4 is 26.1 Å². The SMILES string of the molecule is CCc1ccc(P)c(C(=O)Nc2ccc(C(F)(F)F)cc2)c1. The highest BCUT2D eigenvalue weighted by Crippen LogP contribution is 2.29. The van der Waals surface area contributed by atoms with E-state index in [1.807, 2.05) is 19.1 Å². The van der Waals surface area contributed by atoms with Crippen molar-refractivity contribution in [3.8, 4) is 0 Å². The number of halogens is 3. The zero-order chi connectivity index (χ0) is 16.3. The number of amides is 1. The van der Waals surface area contributed by atoms with Gasteiger partial charge in [0.15, 0.2) is 0 Å². The van der Waals surface area contributed by atoms with Crippen molar-refractivity contribution in [3.63, 3.8) is 0 Å². The van der Waals surface area contributed by atoms with Crippen LogP contribution in [0.25, 0.3) is 0 Å². The van der Waals surface area contributed by atoms with E-state index in [2.05, 4.69) is 14.6 Å². The molecule has 0 saturated heterocycles. The maximum atomic E-state index is 12.5. The highest BCUT2D eigenvalue weighted by atomic mass is 31.0. The van der Waals surface area contributed by atoms with Crippen LogP contribution >= 0.6 is 9.24 Å². The summed E-state index contributed by atoms with van der Waals surface area (Å²) < 4.78 is 37.5. The Morgan fingerprint density at radius 1 is 1.14 bits per heavy atom. The summed E-state index contributed by atoms with van der Waals surface area (Å²) in [5.41, 5.74) is 1.09. The summed E-state index contributed by atoms with van der Waals surface area (Å²) in [7, 11) is 2.48. The van der Waals surface area contributed by atoms with E-state index in [0.717, 1.165) is 29.4 Å². The van der Waals surface area contributed by atoms with Crippen LogP contribution in [0.4, 0.5) is 18.9 Å². The van der Waals surface area contributed by atoms with Crippen LogP contribution in [0.1, 0.15) is 28.4 Å². The molecular formula is C16H15F3NOP. The molecule has 6 heteroatoms. The van der Waals surface area contributed by atoms with Gasteiger partial charge in [-0.3, -0.25) is 4.79 Å². The number of alkyl halides is 3. The minimum Gasteiger partial charge on any atom is -0.322 e. The van der Waals surface area contributed by atoms with Crippen molar-refractivity contribution in [2.45, 2.75) is 19.5 Å². The van der Waals surface area contributed by atoms with E-state index in [1.165, 1.54) is 12.1 Å². The topological polar surface area (TPSA) is 29.1 Å². The minimum atomic E-state index is -4.38. The van der Waals surface area contributed by atoms with Gasteiger partial charge in [-0.25, -0.2) is 0 Å². The predicted molar refractivity (Wildman–Crippen MR) is 84.6 cm³/mol. The Morgan fingerprint density at radius 3 is 2.32 bits per heavy atom. The van der Waals surface area contributed by atoms with Crippen molar-refractivity contribution in [2.24, 2.45) is 0 Å². The van der Waals surface area contributed by atoms with Crippen LogP contribution in [0.2, 0.25) is 0 Å². The number of rotatable bonds is 3. The average Bonchev–Trinajstić information content (AvgIpc) is 2.47. The summed E-state index contributed by atoms with van der Waals surface area (Å²) in [5, 5.41) is 3.35. The molecule has 0 aliphatic carbocycles. The van der Waals surface area contributed by atoms with Gasteiger partial charge in [-0.05, 0) is 47.6 Å². The lowest BCUT2D eigenvalue weighted by Crippen LogP contribution is -2.18. The monoisotopic (exact) mass is 325 g/mol. The summed E-state index contributed by atoms with van der Waals surface area (Å²) in [6, 6.07) is 9.91. The molecule has 2 aromatic rings. The summed E-state index contributed by atoms with van der Waals surface area (Å²) in [5.74, 6) is -0.347. The number of aryl methyl sites for hydroxylation is 1. The Labute approximate surface area is 128 Å². The van der Waals surface area contributed by atoms with Crippen molar-refractivity contribution in [1.29, 1.82) is 0 Å². The minimum absolute atomic E-state index is 0.323. The molecule has 0 heterocycles. The van der Waals surface area contributed by atoms with Crippen molar-refractivity contribution in [1.82, 2.24) is 0 Å². The van der Waals surface area contributed by atoms with Crippen LogP contribution in [0.15, 0.2) is 42.5 Å². The third-order valence-electron chi connectivity index (χ3n) is 3.24. The molecule has 0 aromatic heterocycles. The van der Waals surface area contributed by atoms with Crippen molar-refractivity contribution in [2.75, 3.05) is 5.32 Å². The molecule has 116 valence electrons. The van der Waals surface area contributed by atoms with Gasteiger partial charge in [0.2, 0.25) is 0 Å². The van der Waals surface area contributed by atoms with E-state index in [0.29, 0.717) is 11.3 Å². The Balaban J connectivity index is 2.19. The third-order valence-corrected chi connectivity index (χ3v) is 3.74. The normalized spacial score (nSPS) is 11.3. The number of carbonyl (C=O) groups is 1. The van der Waals surface area contributed by atoms with Gasteiger partial charge in [0.1, 0.15) is 0 Å². The van der Waals surface area contributed by atoms with Crippen LogP contribution in [-0.2, 0) is 12.6 Å². The fourth-order valence-electron chi connectivity index (χ4n) is 1.96. The number of benzene rings is 2. The van der Waals surface area contributed by atoms with E-state index in [4.69, 9.17) is 0 Å². The number of hydrogen-bond acceptors (Lipinski definition) is 1. The molecule has 0 saturated carbocycles. The zero-order valence-corrected chi connectivity index (χ0v) is 13.0. The summed E-state index contributed by atoms with van der Waals surface area (Å²) in [6.07, 6.45) is -3.59. The highest BCUT2D eigenvalue weighted by Gasteiger charge is 2.30. The first-order valence-corrected chi connectivity index (χ1v) is 7.26. The maximum absolute atomic E-state index is 12.5. The van der Waals surface area contributed by atoms with Gasteiger partial charge in [-0.2, -0.15) is 13.2 Å². The van der Waals surface area contributed by atoms with Crippen LogP contribution < -0.4 is 10.6 Å². The second kappa shape index (κ2) is 6.49. The Bertz CT molecular complexity index is 681. The molecule has 1 amide bonds. The van der Waals surface area contributed by atoms with Crippen molar-refractivity contribution in [3.05, 3.63) is 59.2 Å². The van der Waals surface area contributed by atoms with Crippen LogP contribution in [0.3, 0.4) is 0 Å². The van der Waals surface area contributed by atoms with Gasteiger partial charge in [0, 0.05) is 11.3 Å². The molecule has 2 nitrogen and oxygen atoms in total. The van der Waals surface area contributed by atoms with Gasteiger partial charge in [0.25, 0.3) is 5.91 Å². The van der Waals surface area contributed by atoms with Crippen molar-refractivity contribution < 1.29 is 18.0 Å². The Morgan fingerprint density at radius 2 is 1.77 bits per heavy atom. The van der Waals surface area contributed by atoms with Gasteiger partial charge in [0.05, 0.1) is 5.56 Å². The van der Waals surface area contributed by atoms with E-state index in [1.54, 1.807) is 6.07 Å². The Hall–Kier alpha value is -1.87. The molecule has 2 aromatic carbocycles. The Kier molecular flexibility index (Phi) is 4.87. The van der Waals surface area contributed by atoms with Crippen LogP contribution in [0, 0.1) is 0 Å². The fourth-order valence-corrected chi connectivity index (χ4v) is 2.27. The number of nitrogens with one attached hydrogen (secondary N) is 1. The average molecular weight is 325 g/mol. The molecule has 2 rings (SSSR count). The van der Waals surface area contributed by atoms with Gasteiger partial charge >= 0.3 is 6.18 Å². The summed E-state index contributed by atoms with van der Waals surface area (Å²) in [4.78, 5) is 12.2. The molecule has 1 atom stereocenters. The number of carbonyl (C=O) groups excluding carboxylic acids is 1. The predicted octanol–water partition coefficient (Wildman–Crippen LogP) is 4.02. The highest BCUT2D eigenvalue weighted by molar-refractivity contribution is 7.27. The quantitative estimate of drug-likeness (QED) is 0.849. The smallest absolute Gasteiger partial charge is 0.322 e. The molecule has 0 aliphatic rings. The molecule has 22 heavy (non-hydrogen) atoms. The van der Waals surface area contributed by atoms with Gasteiger partial charge < -0.3 is 5.32 Å². The van der Waals surface area contributed by atoms with Gasteiger partial charge in [-0.1, -0.05) is 19.1 Å². The summed E-state index contributed by atoms with van der Waals surface area (Å²) >= 11 is 0. The number of anilines is 1. The molecule has 0 spiro atoms. The largest absolute Gasteiger partial charge is 0.416 e. The standard InChI is InChI=1S/C16H15F3NOP/c1-2-10-3-8-14(22)13(9-10)15(21)20-12-6-4-11(5-7-12)16(17,18)19/h3-9H,2,22H2,1H3,(H,20,21). The van der Waals surface area contributed by atoms with Crippen LogP contribution in [0.5, 0.6) is 0 Å². The molecule has 1 N–H and O–H groups in total. The molecule has 0 fully saturated rings. The maximum Gasteiger partial charge on any atom is 0.416 e. The molecule has 0 aliphatic heterocycles. The van der Waals surface area contributed by atoms with E-state index >= 15 is 0 Å². The third kappa shape index (κ3) is 3.86. The fraction of sp³-hybridized carbons (Fsp3) is 0.188. The molecular weight excluding hydrogens is 310 g/mol. The lowest BCUT2D eigenvalue weighted by Gasteiger charge is -2.11. The second-order valence-corrected chi connectivity index (χ2v) is 5.43.